The van der Waals surface area contributed by atoms with Crippen molar-refractivity contribution in [1.29, 1.82) is 0 Å². The average molecular weight is 267 g/mol. The van der Waals surface area contributed by atoms with Gasteiger partial charge in [-0.2, -0.15) is 0 Å². The summed E-state index contributed by atoms with van der Waals surface area (Å²) in [5.74, 6) is -0.173. The normalized spacial score (nSPS) is 10.7. The summed E-state index contributed by atoms with van der Waals surface area (Å²) in [5, 5.41) is 5.29. The molecule has 2 rings (SSSR count). The van der Waals surface area contributed by atoms with Crippen molar-refractivity contribution in [3.05, 3.63) is 47.1 Å². The zero-order valence-electron chi connectivity index (χ0n) is 9.57. The Bertz CT molecular complexity index is 468. The Labute approximate surface area is 109 Å². The Balaban J connectivity index is 2.19. The standard InChI is InChI=1S/C13H14FNS2/c1-2-15-9-10-8-11(14)5-6-12(10)17-13-4-3-7-16-13/h3-8,15H,2,9H2,1H3. The van der Waals surface area contributed by atoms with Crippen molar-refractivity contribution in [2.24, 2.45) is 0 Å². The van der Waals surface area contributed by atoms with Crippen LogP contribution in [0.4, 0.5) is 4.39 Å². The molecule has 0 bridgehead atoms. The van der Waals surface area contributed by atoms with Gasteiger partial charge in [0.25, 0.3) is 0 Å². The molecule has 0 unspecified atom stereocenters. The molecule has 2 aromatic rings. The SMILES string of the molecule is CCNCc1cc(F)ccc1Sc1cccs1. The Morgan fingerprint density at radius 3 is 2.94 bits per heavy atom. The van der Waals surface area contributed by atoms with Crippen LogP contribution >= 0.6 is 23.1 Å². The van der Waals surface area contributed by atoms with Gasteiger partial charge < -0.3 is 5.32 Å². The van der Waals surface area contributed by atoms with Crippen LogP contribution in [0, 0.1) is 5.82 Å². The summed E-state index contributed by atoms with van der Waals surface area (Å²) in [6, 6.07) is 9.09. The summed E-state index contributed by atoms with van der Waals surface area (Å²) in [6.07, 6.45) is 0. The van der Waals surface area contributed by atoms with Crippen molar-refractivity contribution in [3.8, 4) is 0 Å². The zero-order chi connectivity index (χ0) is 12.1. The van der Waals surface area contributed by atoms with E-state index in [1.807, 2.05) is 19.1 Å². The van der Waals surface area contributed by atoms with Crippen molar-refractivity contribution < 1.29 is 4.39 Å². The van der Waals surface area contributed by atoms with Crippen LogP contribution in [0.25, 0.3) is 0 Å². The second kappa shape index (κ2) is 6.19. The fourth-order valence-corrected chi connectivity index (χ4v) is 3.31. The summed E-state index contributed by atoms with van der Waals surface area (Å²) in [7, 11) is 0. The number of benzene rings is 1. The molecule has 1 aromatic heterocycles. The molecule has 0 radical (unpaired) electrons. The molecule has 0 amide bonds. The van der Waals surface area contributed by atoms with Gasteiger partial charge >= 0.3 is 0 Å². The summed E-state index contributed by atoms with van der Waals surface area (Å²) < 4.78 is 14.4. The van der Waals surface area contributed by atoms with Crippen LogP contribution in [-0.4, -0.2) is 6.54 Å². The van der Waals surface area contributed by atoms with Crippen molar-refractivity contribution >= 4 is 23.1 Å². The lowest BCUT2D eigenvalue weighted by Crippen LogP contribution is -2.12. The molecule has 4 heteroatoms. The molecule has 17 heavy (non-hydrogen) atoms. The molecule has 0 spiro atoms. The maximum Gasteiger partial charge on any atom is 0.123 e. The van der Waals surface area contributed by atoms with E-state index in [1.54, 1.807) is 29.2 Å². The van der Waals surface area contributed by atoms with E-state index in [4.69, 9.17) is 0 Å². The highest BCUT2D eigenvalue weighted by molar-refractivity contribution is 8.01. The Morgan fingerprint density at radius 1 is 1.35 bits per heavy atom. The van der Waals surface area contributed by atoms with Crippen molar-refractivity contribution in [2.75, 3.05) is 6.54 Å². The van der Waals surface area contributed by atoms with Crippen molar-refractivity contribution in [1.82, 2.24) is 5.32 Å². The monoisotopic (exact) mass is 267 g/mol. The third-order valence-corrected chi connectivity index (χ3v) is 4.45. The molecule has 0 atom stereocenters. The van der Waals surface area contributed by atoms with Gasteiger partial charge in [0.15, 0.2) is 0 Å². The first kappa shape index (κ1) is 12.6. The van der Waals surface area contributed by atoms with Gasteiger partial charge in [0, 0.05) is 11.4 Å². The Hall–Kier alpha value is -0.840. The van der Waals surface area contributed by atoms with Gasteiger partial charge in [-0.05, 0) is 41.8 Å². The molecule has 0 aliphatic heterocycles. The molecule has 90 valence electrons. The van der Waals surface area contributed by atoms with E-state index in [0.29, 0.717) is 6.54 Å². The topological polar surface area (TPSA) is 12.0 Å². The van der Waals surface area contributed by atoms with Crippen LogP contribution in [0.15, 0.2) is 44.8 Å². The first-order valence-corrected chi connectivity index (χ1v) is 7.19. The van der Waals surface area contributed by atoms with Crippen LogP contribution in [0.3, 0.4) is 0 Å². The summed E-state index contributed by atoms with van der Waals surface area (Å²) in [6.45, 7) is 3.65. The molecule has 0 aliphatic carbocycles. The van der Waals surface area contributed by atoms with Gasteiger partial charge in [0.2, 0.25) is 0 Å². The van der Waals surface area contributed by atoms with Gasteiger partial charge in [-0.15, -0.1) is 11.3 Å². The molecular weight excluding hydrogens is 253 g/mol. The smallest absolute Gasteiger partial charge is 0.123 e. The number of rotatable bonds is 5. The van der Waals surface area contributed by atoms with E-state index in [-0.39, 0.29) is 5.82 Å². The third kappa shape index (κ3) is 3.56. The van der Waals surface area contributed by atoms with Crippen LogP contribution in [0.2, 0.25) is 0 Å². The maximum atomic E-state index is 13.2. The van der Waals surface area contributed by atoms with Gasteiger partial charge in [-0.3, -0.25) is 0 Å². The van der Waals surface area contributed by atoms with E-state index in [0.717, 1.165) is 17.0 Å². The summed E-state index contributed by atoms with van der Waals surface area (Å²) >= 11 is 3.40. The van der Waals surface area contributed by atoms with Crippen molar-refractivity contribution in [3.63, 3.8) is 0 Å². The van der Waals surface area contributed by atoms with E-state index in [2.05, 4.69) is 16.8 Å². The predicted molar refractivity (Wildman–Crippen MR) is 72.2 cm³/mol. The highest BCUT2D eigenvalue weighted by atomic mass is 32.2. The lowest BCUT2D eigenvalue weighted by molar-refractivity contribution is 0.619. The lowest BCUT2D eigenvalue weighted by Gasteiger charge is -2.08. The number of nitrogens with one attached hydrogen (secondary N) is 1. The number of hydrogen-bond donors (Lipinski definition) is 1. The van der Waals surface area contributed by atoms with E-state index in [9.17, 15) is 4.39 Å². The van der Waals surface area contributed by atoms with Gasteiger partial charge in [-0.25, -0.2) is 4.39 Å². The molecule has 1 nitrogen and oxygen atoms in total. The fourth-order valence-electron chi connectivity index (χ4n) is 1.48. The molecular formula is C13H14FNS2. The molecule has 0 aliphatic rings. The molecule has 0 fully saturated rings. The molecule has 1 aromatic carbocycles. The largest absolute Gasteiger partial charge is 0.313 e. The van der Waals surface area contributed by atoms with Crippen LogP contribution in [-0.2, 0) is 6.54 Å². The highest BCUT2D eigenvalue weighted by Gasteiger charge is 2.06. The van der Waals surface area contributed by atoms with Gasteiger partial charge in [-0.1, -0.05) is 24.8 Å². The van der Waals surface area contributed by atoms with E-state index in [1.165, 1.54) is 10.3 Å². The fraction of sp³-hybridized carbons (Fsp3) is 0.231. The molecule has 0 saturated carbocycles. The van der Waals surface area contributed by atoms with E-state index >= 15 is 0 Å². The Morgan fingerprint density at radius 2 is 2.24 bits per heavy atom. The minimum absolute atomic E-state index is 0.173. The first-order chi connectivity index (χ1) is 8.29. The second-order valence-corrected chi connectivity index (χ2v) is 5.86. The minimum Gasteiger partial charge on any atom is -0.313 e. The maximum absolute atomic E-state index is 13.2. The number of hydrogen-bond acceptors (Lipinski definition) is 3. The van der Waals surface area contributed by atoms with E-state index < -0.39 is 0 Å². The summed E-state index contributed by atoms with van der Waals surface area (Å²) in [5.41, 5.74) is 1.02. The Kier molecular flexibility index (Phi) is 4.59. The molecule has 0 saturated heterocycles. The summed E-state index contributed by atoms with van der Waals surface area (Å²) in [4.78, 5) is 1.12. The lowest BCUT2D eigenvalue weighted by atomic mass is 10.2. The molecule has 1 heterocycles. The van der Waals surface area contributed by atoms with Crippen LogP contribution in [0.5, 0.6) is 0 Å². The van der Waals surface area contributed by atoms with Crippen LogP contribution in [0.1, 0.15) is 12.5 Å². The third-order valence-electron chi connectivity index (χ3n) is 2.29. The quantitative estimate of drug-likeness (QED) is 0.873. The zero-order valence-corrected chi connectivity index (χ0v) is 11.2. The van der Waals surface area contributed by atoms with Crippen LogP contribution < -0.4 is 5.32 Å². The first-order valence-electron chi connectivity index (χ1n) is 5.50. The number of halogens is 1. The number of thiophene rings is 1. The molecule has 1 N–H and O–H groups in total. The predicted octanol–water partition coefficient (Wildman–Crippen LogP) is 4.15. The highest BCUT2D eigenvalue weighted by Crippen LogP contribution is 2.33. The second-order valence-electron chi connectivity index (χ2n) is 3.57. The van der Waals surface area contributed by atoms with Crippen molar-refractivity contribution in [2.45, 2.75) is 22.6 Å². The van der Waals surface area contributed by atoms with Gasteiger partial charge in [0.05, 0.1) is 4.21 Å². The minimum atomic E-state index is -0.173. The average Bonchev–Trinajstić information content (AvgIpc) is 2.82. The van der Waals surface area contributed by atoms with Gasteiger partial charge in [0.1, 0.15) is 5.82 Å².